The van der Waals surface area contributed by atoms with Crippen molar-refractivity contribution >= 4 is 29.2 Å². The van der Waals surface area contributed by atoms with Gasteiger partial charge in [-0.25, -0.2) is 13.8 Å². The molecule has 1 aromatic carbocycles. The minimum atomic E-state index is -0.781. The van der Waals surface area contributed by atoms with Crippen LogP contribution in [0.2, 0.25) is 5.15 Å². The lowest BCUT2D eigenvalue weighted by Crippen LogP contribution is -2.23. The third-order valence-corrected chi connectivity index (χ3v) is 2.85. The van der Waals surface area contributed by atoms with Gasteiger partial charge >= 0.3 is 0 Å². The van der Waals surface area contributed by atoms with Gasteiger partial charge in [0.1, 0.15) is 16.8 Å². The number of hydrogen-bond acceptors (Lipinski definition) is 3. The number of benzene rings is 1. The second-order valence-corrected chi connectivity index (χ2v) is 4.87. The van der Waals surface area contributed by atoms with Gasteiger partial charge in [0.15, 0.2) is 0 Å². The predicted octanol–water partition coefficient (Wildman–Crippen LogP) is 3.42. The van der Waals surface area contributed by atoms with Crippen molar-refractivity contribution in [2.75, 3.05) is 5.32 Å². The van der Waals surface area contributed by atoms with E-state index in [2.05, 4.69) is 20.3 Å². The monoisotopic (exact) mass is 325 g/mol. The Bertz CT molecular complexity index is 706. The van der Waals surface area contributed by atoms with Gasteiger partial charge in [0.25, 0.3) is 5.95 Å². The molecule has 0 unspecified atom stereocenters. The summed E-state index contributed by atoms with van der Waals surface area (Å²) < 4.78 is 26.3. The molecule has 0 atom stereocenters. The van der Waals surface area contributed by atoms with Crippen molar-refractivity contribution in [3.63, 3.8) is 0 Å². The number of aliphatic imine (C=N–C) groups is 1. The number of halogens is 3. The molecule has 0 saturated heterocycles. The molecule has 5 nitrogen and oxygen atoms in total. The van der Waals surface area contributed by atoms with Crippen molar-refractivity contribution in [2.45, 2.75) is 19.8 Å². The molecule has 0 aliphatic heterocycles. The molecule has 116 valence electrons. The molecule has 0 fully saturated rings. The Labute approximate surface area is 131 Å². The zero-order valence-corrected chi connectivity index (χ0v) is 12.5. The van der Waals surface area contributed by atoms with Crippen LogP contribution in [-0.2, 0) is 6.42 Å². The fourth-order valence-electron chi connectivity index (χ4n) is 1.75. The molecule has 0 amide bonds. The van der Waals surface area contributed by atoms with Crippen LogP contribution in [0.1, 0.15) is 19.0 Å². The first-order valence-corrected chi connectivity index (χ1v) is 6.95. The zero-order valence-electron chi connectivity index (χ0n) is 11.8. The standard InChI is InChI=1S/C14H14ClF2N5/c1-2-3-9-7-12(15)21-14(19-9)22-13(18)20-11-5-4-8(16)6-10(11)17/h4-7H,2-3H2,1H3,(H3,18,19,20,21,22). The summed E-state index contributed by atoms with van der Waals surface area (Å²) in [4.78, 5) is 12.0. The highest BCUT2D eigenvalue weighted by atomic mass is 35.5. The molecule has 1 aromatic heterocycles. The van der Waals surface area contributed by atoms with Gasteiger partial charge in [-0.1, -0.05) is 24.9 Å². The summed E-state index contributed by atoms with van der Waals surface area (Å²) >= 11 is 5.89. The normalized spacial score (nSPS) is 11.5. The zero-order chi connectivity index (χ0) is 16.1. The fourth-order valence-corrected chi connectivity index (χ4v) is 1.95. The lowest BCUT2D eigenvalue weighted by Gasteiger charge is -2.07. The van der Waals surface area contributed by atoms with E-state index in [0.717, 1.165) is 30.7 Å². The van der Waals surface area contributed by atoms with Crippen LogP contribution >= 0.6 is 11.6 Å². The van der Waals surface area contributed by atoms with Crippen molar-refractivity contribution < 1.29 is 8.78 Å². The topological polar surface area (TPSA) is 76.2 Å². The number of aryl methyl sites for hydroxylation is 1. The minimum Gasteiger partial charge on any atom is -0.369 e. The van der Waals surface area contributed by atoms with Crippen molar-refractivity contribution in [1.29, 1.82) is 0 Å². The number of nitrogens with zero attached hydrogens (tertiary/aromatic N) is 3. The summed E-state index contributed by atoms with van der Waals surface area (Å²) in [5, 5.41) is 2.77. The molecule has 8 heteroatoms. The fraction of sp³-hybridized carbons (Fsp3) is 0.214. The third kappa shape index (κ3) is 4.36. The van der Waals surface area contributed by atoms with Gasteiger partial charge in [0.05, 0.1) is 5.69 Å². The second-order valence-electron chi connectivity index (χ2n) is 4.48. The first-order valence-electron chi connectivity index (χ1n) is 6.57. The third-order valence-electron chi connectivity index (χ3n) is 2.66. The van der Waals surface area contributed by atoms with Crippen molar-refractivity contribution in [1.82, 2.24) is 9.97 Å². The first kappa shape index (κ1) is 16.1. The molecular weight excluding hydrogens is 312 g/mol. The van der Waals surface area contributed by atoms with Crippen molar-refractivity contribution in [3.8, 4) is 0 Å². The van der Waals surface area contributed by atoms with Crippen LogP contribution in [0.15, 0.2) is 29.3 Å². The van der Waals surface area contributed by atoms with Gasteiger partial charge in [-0.2, -0.15) is 9.98 Å². The van der Waals surface area contributed by atoms with Crippen LogP contribution in [-0.4, -0.2) is 15.9 Å². The van der Waals surface area contributed by atoms with E-state index >= 15 is 0 Å². The van der Waals surface area contributed by atoms with Gasteiger partial charge in [-0.05, 0) is 24.6 Å². The molecular formula is C14H14ClF2N5. The summed E-state index contributed by atoms with van der Waals surface area (Å²) in [5.74, 6) is -1.52. The number of hydrogen-bond donors (Lipinski definition) is 2. The molecule has 0 aliphatic carbocycles. The molecule has 0 saturated carbocycles. The summed E-state index contributed by atoms with van der Waals surface area (Å²) in [7, 11) is 0. The van der Waals surface area contributed by atoms with Crippen LogP contribution < -0.4 is 11.1 Å². The summed E-state index contributed by atoms with van der Waals surface area (Å²) in [6, 6.07) is 4.71. The maximum absolute atomic E-state index is 13.5. The van der Waals surface area contributed by atoms with Crippen molar-refractivity contribution in [2.24, 2.45) is 10.7 Å². The summed E-state index contributed by atoms with van der Waals surface area (Å²) in [5.41, 5.74) is 6.41. The van der Waals surface area contributed by atoms with Crippen molar-refractivity contribution in [3.05, 3.63) is 46.7 Å². The first-order chi connectivity index (χ1) is 10.5. The highest BCUT2D eigenvalue weighted by Crippen LogP contribution is 2.16. The van der Waals surface area contributed by atoms with E-state index in [1.54, 1.807) is 6.07 Å². The molecule has 1 heterocycles. The average Bonchev–Trinajstić information content (AvgIpc) is 2.41. The number of nitrogens with two attached hydrogens (primary N) is 1. The number of aromatic nitrogens is 2. The van der Waals surface area contributed by atoms with Gasteiger partial charge in [-0.15, -0.1) is 0 Å². The summed E-state index contributed by atoms with van der Waals surface area (Å²) in [6.45, 7) is 2.01. The predicted molar refractivity (Wildman–Crippen MR) is 82.3 cm³/mol. The van der Waals surface area contributed by atoms with Crippen LogP contribution in [0, 0.1) is 11.6 Å². The van der Waals surface area contributed by atoms with E-state index in [0.29, 0.717) is 0 Å². The molecule has 0 aliphatic rings. The number of rotatable bonds is 4. The smallest absolute Gasteiger partial charge is 0.254 e. The highest BCUT2D eigenvalue weighted by Gasteiger charge is 2.06. The maximum atomic E-state index is 13.5. The van der Waals surface area contributed by atoms with Gasteiger partial charge < -0.3 is 11.1 Å². The van der Waals surface area contributed by atoms with E-state index < -0.39 is 11.6 Å². The molecule has 0 spiro atoms. The highest BCUT2D eigenvalue weighted by molar-refractivity contribution is 6.29. The average molecular weight is 326 g/mol. The largest absolute Gasteiger partial charge is 0.369 e. The van der Waals surface area contributed by atoms with Gasteiger partial charge in [0.2, 0.25) is 5.96 Å². The number of anilines is 1. The van der Waals surface area contributed by atoms with E-state index in [9.17, 15) is 8.78 Å². The maximum Gasteiger partial charge on any atom is 0.254 e. The second kappa shape index (κ2) is 7.13. The van der Waals surface area contributed by atoms with Crippen LogP contribution in [0.4, 0.5) is 20.4 Å². The number of nitrogens with one attached hydrogen (secondary N) is 1. The van der Waals surface area contributed by atoms with E-state index in [-0.39, 0.29) is 22.7 Å². The lowest BCUT2D eigenvalue weighted by molar-refractivity contribution is 0.586. The van der Waals surface area contributed by atoms with Gasteiger partial charge in [0, 0.05) is 11.8 Å². The van der Waals surface area contributed by atoms with Crippen LogP contribution in [0.25, 0.3) is 0 Å². The number of guanidine groups is 1. The van der Waals surface area contributed by atoms with E-state index in [4.69, 9.17) is 17.3 Å². The Morgan fingerprint density at radius 3 is 2.77 bits per heavy atom. The Morgan fingerprint density at radius 2 is 2.09 bits per heavy atom. The van der Waals surface area contributed by atoms with Crippen LogP contribution in [0.3, 0.4) is 0 Å². The Hall–Kier alpha value is -2.28. The molecule has 2 aromatic rings. The quantitative estimate of drug-likeness (QED) is 0.513. The Kier molecular flexibility index (Phi) is 5.21. The molecule has 0 radical (unpaired) electrons. The molecule has 22 heavy (non-hydrogen) atoms. The van der Waals surface area contributed by atoms with Crippen LogP contribution in [0.5, 0.6) is 0 Å². The molecule has 0 bridgehead atoms. The Morgan fingerprint density at radius 1 is 1.32 bits per heavy atom. The van der Waals surface area contributed by atoms with Gasteiger partial charge in [-0.3, -0.25) is 0 Å². The lowest BCUT2D eigenvalue weighted by atomic mass is 10.2. The van der Waals surface area contributed by atoms with E-state index in [1.165, 1.54) is 6.07 Å². The SMILES string of the molecule is CCCc1cc(Cl)nc(/N=C(\N)Nc2ccc(F)cc2F)n1. The Balaban J connectivity index is 2.21. The van der Waals surface area contributed by atoms with E-state index in [1.807, 2.05) is 6.92 Å². The minimum absolute atomic E-state index is 0.00143. The summed E-state index contributed by atoms with van der Waals surface area (Å²) in [6.07, 6.45) is 1.62. The molecule has 3 N–H and O–H groups in total. The molecule has 2 rings (SSSR count).